The van der Waals surface area contributed by atoms with E-state index in [0.29, 0.717) is 28.2 Å². The number of hydrogen-bond donors (Lipinski definition) is 1. The molecule has 0 aliphatic heterocycles. The Bertz CT molecular complexity index is 1290. The van der Waals surface area contributed by atoms with Gasteiger partial charge in [-0.05, 0) is 48.9 Å². The van der Waals surface area contributed by atoms with Crippen LogP contribution in [0.25, 0.3) is 10.9 Å². The highest BCUT2D eigenvalue weighted by Crippen LogP contribution is 2.28. The van der Waals surface area contributed by atoms with Crippen LogP contribution in [0.3, 0.4) is 0 Å². The van der Waals surface area contributed by atoms with E-state index < -0.39 is 11.7 Å². The van der Waals surface area contributed by atoms with Gasteiger partial charge in [-0.1, -0.05) is 0 Å². The van der Waals surface area contributed by atoms with E-state index >= 15 is 0 Å². The van der Waals surface area contributed by atoms with Crippen LogP contribution in [0.1, 0.15) is 32.7 Å². The molecule has 0 aliphatic rings. The number of halogens is 3. The molecule has 0 spiro atoms. The molecule has 1 aromatic carbocycles. The maximum atomic E-state index is 13.4. The Hall–Kier alpha value is -4.08. The average molecular weight is 452 g/mol. The van der Waals surface area contributed by atoms with Crippen molar-refractivity contribution >= 4 is 22.6 Å². The van der Waals surface area contributed by atoms with Crippen LogP contribution in [0.2, 0.25) is 0 Å². The van der Waals surface area contributed by atoms with Gasteiger partial charge >= 0.3 is 6.18 Å². The van der Waals surface area contributed by atoms with Gasteiger partial charge in [0.2, 0.25) is 0 Å². The largest absolute Gasteiger partial charge is 0.417 e. The van der Waals surface area contributed by atoms with E-state index in [1.54, 1.807) is 30.6 Å². The lowest BCUT2D eigenvalue weighted by molar-refractivity contribution is -0.137. The number of nitrogens with zero attached hydrogens (tertiary/aromatic N) is 5. The van der Waals surface area contributed by atoms with E-state index in [1.165, 1.54) is 17.3 Å². The first-order valence-corrected chi connectivity index (χ1v) is 9.93. The van der Waals surface area contributed by atoms with Crippen molar-refractivity contribution in [1.82, 2.24) is 24.8 Å². The number of pyridine rings is 2. The van der Waals surface area contributed by atoms with Crippen LogP contribution in [0.5, 0.6) is 0 Å². The summed E-state index contributed by atoms with van der Waals surface area (Å²) in [5.41, 5.74) is 7.85. The minimum absolute atomic E-state index is 0.00289. The Morgan fingerprint density at radius 1 is 1.03 bits per heavy atom. The Morgan fingerprint density at radius 3 is 2.45 bits per heavy atom. The number of carbonyl (C=O) groups is 1. The monoisotopic (exact) mass is 452 g/mol. The Balaban J connectivity index is 1.66. The second kappa shape index (κ2) is 8.81. The highest BCUT2D eigenvalue weighted by Gasteiger charge is 2.30. The van der Waals surface area contributed by atoms with E-state index in [4.69, 9.17) is 5.73 Å². The standard InChI is InChI=1S/C23H19F3N6O/c1-14-6-17-7-16(2-5-20(17)31-21(14)27)22(33)32(11-15-8-28-13-29-9-15)12-19-4-3-18(10-30-19)23(24,25)26/h2-10,13H,11-12H2,1H3,(H2,27,31). The predicted molar refractivity (Wildman–Crippen MR) is 116 cm³/mol. The highest BCUT2D eigenvalue weighted by atomic mass is 19.4. The van der Waals surface area contributed by atoms with Crippen molar-refractivity contribution in [3.05, 3.63) is 89.3 Å². The van der Waals surface area contributed by atoms with Crippen molar-refractivity contribution in [2.75, 3.05) is 5.73 Å². The molecule has 4 aromatic rings. The summed E-state index contributed by atoms with van der Waals surface area (Å²) in [5.74, 6) is 0.0950. The van der Waals surface area contributed by atoms with Gasteiger partial charge in [0.1, 0.15) is 12.1 Å². The number of aryl methyl sites for hydroxylation is 1. The van der Waals surface area contributed by atoms with Gasteiger partial charge in [-0.15, -0.1) is 0 Å². The topological polar surface area (TPSA) is 97.9 Å². The molecule has 10 heteroatoms. The number of hydrogen-bond acceptors (Lipinski definition) is 6. The maximum absolute atomic E-state index is 13.4. The summed E-state index contributed by atoms with van der Waals surface area (Å²) in [7, 11) is 0. The van der Waals surface area contributed by atoms with Gasteiger partial charge in [-0.2, -0.15) is 13.2 Å². The molecule has 0 saturated heterocycles. The fourth-order valence-corrected chi connectivity index (χ4v) is 3.33. The van der Waals surface area contributed by atoms with Crippen molar-refractivity contribution in [2.45, 2.75) is 26.2 Å². The predicted octanol–water partition coefficient (Wildman–Crippen LogP) is 4.17. The summed E-state index contributed by atoms with van der Waals surface area (Å²) in [4.78, 5) is 31.0. The lowest BCUT2D eigenvalue weighted by atomic mass is 10.1. The number of aromatic nitrogens is 4. The van der Waals surface area contributed by atoms with Gasteiger partial charge < -0.3 is 10.6 Å². The number of nitrogen functional groups attached to an aromatic ring is 1. The second-order valence-electron chi connectivity index (χ2n) is 7.54. The smallest absolute Gasteiger partial charge is 0.383 e. The van der Waals surface area contributed by atoms with Crippen molar-refractivity contribution < 1.29 is 18.0 Å². The molecule has 0 saturated carbocycles. The van der Waals surface area contributed by atoms with E-state index in [-0.39, 0.29) is 19.0 Å². The van der Waals surface area contributed by atoms with Gasteiger partial charge in [-0.25, -0.2) is 15.0 Å². The van der Waals surface area contributed by atoms with Crippen molar-refractivity contribution in [3.8, 4) is 0 Å². The zero-order valence-corrected chi connectivity index (χ0v) is 17.5. The number of amides is 1. The number of carbonyl (C=O) groups excluding carboxylic acids is 1. The molecule has 3 heterocycles. The minimum atomic E-state index is -4.48. The van der Waals surface area contributed by atoms with Crippen molar-refractivity contribution in [2.24, 2.45) is 0 Å². The molecular formula is C23H19F3N6O. The van der Waals surface area contributed by atoms with Crippen LogP contribution in [0.15, 0.2) is 61.3 Å². The van der Waals surface area contributed by atoms with Crippen LogP contribution in [0.4, 0.5) is 19.0 Å². The molecule has 0 unspecified atom stereocenters. The molecule has 0 radical (unpaired) electrons. The van der Waals surface area contributed by atoms with E-state index in [9.17, 15) is 18.0 Å². The van der Waals surface area contributed by atoms with E-state index in [1.807, 2.05) is 13.0 Å². The van der Waals surface area contributed by atoms with Gasteiger partial charge in [0.05, 0.1) is 23.3 Å². The third kappa shape index (κ3) is 5.05. The molecule has 168 valence electrons. The molecule has 0 atom stereocenters. The fraction of sp³-hybridized carbons (Fsp3) is 0.174. The molecular weight excluding hydrogens is 433 g/mol. The summed E-state index contributed by atoms with van der Waals surface area (Å²) in [6.07, 6.45) is 0.798. The molecule has 7 nitrogen and oxygen atoms in total. The summed E-state index contributed by atoms with van der Waals surface area (Å²) >= 11 is 0. The zero-order valence-electron chi connectivity index (χ0n) is 17.5. The summed E-state index contributed by atoms with van der Waals surface area (Å²) in [6.45, 7) is 1.98. The Kier molecular flexibility index (Phi) is 5.91. The quantitative estimate of drug-likeness (QED) is 0.488. The lowest BCUT2D eigenvalue weighted by Crippen LogP contribution is -2.30. The van der Waals surface area contributed by atoms with Crippen LogP contribution in [-0.2, 0) is 19.3 Å². The summed E-state index contributed by atoms with van der Waals surface area (Å²) < 4.78 is 38.6. The zero-order chi connectivity index (χ0) is 23.6. The second-order valence-corrected chi connectivity index (χ2v) is 7.54. The van der Waals surface area contributed by atoms with Gasteiger partial charge in [-0.3, -0.25) is 9.78 Å². The van der Waals surface area contributed by atoms with Crippen molar-refractivity contribution in [1.29, 1.82) is 0 Å². The third-order valence-electron chi connectivity index (χ3n) is 5.07. The first kappa shape index (κ1) is 22.1. The van der Waals surface area contributed by atoms with Crippen LogP contribution < -0.4 is 5.73 Å². The van der Waals surface area contributed by atoms with Crippen LogP contribution in [-0.4, -0.2) is 30.7 Å². The molecule has 33 heavy (non-hydrogen) atoms. The van der Waals surface area contributed by atoms with Crippen LogP contribution >= 0.6 is 0 Å². The van der Waals surface area contributed by atoms with E-state index in [2.05, 4.69) is 19.9 Å². The number of benzene rings is 1. The number of nitrogens with two attached hydrogens (primary N) is 1. The number of alkyl halides is 3. The summed E-state index contributed by atoms with van der Waals surface area (Å²) in [6, 6.07) is 9.12. The minimum Gasteiger partial charge on any atom is -0.383 e. The highest BCUT2D eigenvalue weighted by molar-refractivity contribution is 5.98. The molecule has 1 amide bonds. The van der Waals surface area contributed by atoms with Crippen LogP contribution in [0, 0.1) is 6.92 Å². The average Bonchev–Trinajstić information content (AvgIpc) is 2.79. The van der Waals surface area contributed by atoms with Gasteiger partial charge in [0.15, 0.2) is 0 Å². The first-order valence-electron chi connectivity index (χ1n) is 9.93. The number of rotatable bonds is 5. The number of fused-ring (bicyclic) bond motifs is 1. The lowest BCUT2D eigenvalue weighted by Gasteiger charge is -2.23. The molecule has 2 N–H and O–H groups in total. The molecule has 0 aliphatic carbocycles. The van der Waals surface area contributed by atoms with Crippen molar-refractivity contribution in [3.63, 3.8) is 0 Å². The normalized spacial score (nSPS) is 11.5. The molecule has 0 bridgehead atoms. The Labute approximate surface area is 187 Å². The SMILES string of the molecule is Cc1cc2cc(C(=O)N(Cc3cncnc3)Cc3ccc(C(F)(F)F)cn3)ccc2nc1N. The third-order valence-corrected chi connectivity index (χ3v) is 5.07. The van der Waals surface area contributed by atoms with Gasteiger partial charge in [0, 0.05) is 41.6 Å². The first-order chi connectivity index (χ1) is 15.7. The fourth-order valence-electron chi connectivity index (χ4n) is 3.33. The maximum Gasteiger partial charge on any atom is 0.417 e. The summed E-state index contributed by atoms with van der Waals surface area (Å²) in [5, 5.41) is 0.753. The number of anilines is 1. The Morgan fingerprint density at radius 2 is 1.79 bits per heavy atom. The van der Waals surface area contributed by atoms with E-state index in [0.717, 1.165) is 23.2 Å². The molecule has 3 aromatic heterocycles. The molecule has 0 fully saturated rings. The molecule has 4 rings (SSSR count). The van der Waals surface area contributed by atoms with Gasteiger partial charge in [0.25, 0.3) is 5.91 Å².